The first-order chi connectivity index (χ1) is 13.0. The standard InChI is InChI=1S/C18H15F2N3O4/c1-10-21-17(27-23-10)12-5-3-11(4-6-12)16(24)22-13-7-8-14(25-2)15(9-13)26-18(19)20/h3-9,18H,1-2H3,(H,22,24). The van der Waals surface area contributed by atoms with Gasteiger partial charge < -0.3 is 19.3 Å². The highest BCUT2D eigenvalue weighted by atomic mass is 19.3. The lowest BCUT2D eigenvalue weighted by atomic mass is 10.1. The topological polar surface area (TPSA) is 86.5 Å². The van der Waals surface area contributed by atoms with E-state index < -0.39 is 12.5 Å². The molecular weight excluding hydrogens is 360 g/mol. The Bertz CT molecular complexity index is 942. The van der Waals surface area contributed by atoms with Crippen molar-refractivity contribution in [3.8, 4) is 23.0 Å². The number of amides is 1. The molecule has 1 heterocycles. The fourth-order valence-corrected chi connectivity index (χ4v) is 2.32. The van der Waals surface area contributed by atoms with Crippen molar-refractivity contribution in [3.63, 3.8) is 0 Å². The van der Waals surface area contributed by atoms with Crippen LogP contribution in [0, 0.1) is 6.92 Å². The Labute approximate surface area is 152 Å². The minimum Gasteiger partial charge on any atom is -0.493 e. The van der Waals surface area contributed by atoms with Gasteiger partial charge in [0.2, 0.25) is 0 Å². The van der Waals surface area contributed by atoms with Crippen molar-refractivity contribution in [1.29, 1.82) is 0 Å². The first kappa shape index (κ1) is 18.3. The van der Waals surface area contributed by atoms with E-state index in [0.717, 1.165) is 0 Å². The molecule has 27 heavy (non-hydrogen) atoms. The fourth-order valence-electron chi connectivity index (χ4n) is 2.32. The first-order valence-electron chi connectivity index (χ1n) is 7.81. The van der Waals surface area contributed by atoms with E-state index in [0.29, 0.717) is 22.8 Å². The summed E-state index contributed by atoms with van der Waals surface area (Å²) in [5.41, 5.74) is 1.32. The number of alkyl halides is 2. The highest BCUT2D eigenvalue weighted by molar-refractivity contribution is 6.04. The molecule has 140 valence electrons. The SMILES string of the molecule is COc1ccc(NC(=O)c2ccc(-c3nc(C)no3)cc2)cc1OC(F)F. The Balaban J connectivity index is 1.75. The number of hydrogen-bond donors (Lipinski definition) is 1. The van der Waals surface area contributed by atoms with Crippen LogP contribution in [0.15, 0.2) is 47.0 Å². The number of hydrogen-bond acceptors (Lipinski definition) is 6. The predicted molar refractivity (Wildman–Crippen MR) is 92.1 cm³/mol. The maximum atomic E-state index is 12.5. The van der Waals surface area contributed by atoms with Gasteiger partial charge in [0.15, 0.2) is 17.3 Å². The third-order valence-electron chi connectivity index (χ3n) is 3.56. The summed E-state index contributed by atoms with van der Waals surface area (Å²) < 4.78 is 39.4. The van der Waals surface area contributed by atoms with Gasteiger partial charge in [-0.05, 0) is 43.3 Å². The van der Waals surface area contributed by atoms with Crippen LogP contribution in [0.3, 0.4) is 0 Å². The van der Waals surface area contributed by atoms with Gasteiger partial charge in [0, 0.05) is 22.9 Å². The van der Waals surface area contributed by atoms with Gasteiger partial charge >= 0.3 is 6.61 Å². The van der Waals surface area contributed by atoms with E-state index in [9.17, 15) is 13.6 Å². The smallest absolute Gasteiger partial charge is 0.387 e. The molecule has 0 atom stereocenters. The van der Waals surface area contributed by atoms with Crippen LogP contribution in [0.4, 0.5) is 14.5 Å². The van der Waals surface area contributed by atoms with Gasteiger partial charge in [-0.15, -0.1) is 0 Å². The van der Waals surface area contributed by atoms with E-state index in [1.54, 1.807) is 31.2 Å². The summed E-state index contributed by atoms with van der Waals surface area (Å²) in [7, 11) is 1.33. The number of halogens is 2. The maximum absolute atomic E-state index is 12.5. The van der Waals surface area contributed by atoms with Crippen LogP contribution >= 0.6 is 0 Å². The van der Waals surface area contributed by atoms with Gasteiger partial charge in [-0.2, -0.15) is 13.8 Å². The van der Waals surface area contributed by atoms with Crippen molar-refractivity contribution in [2.75, 3.05) is 12.4 Å². The molecule has 0 spiro atoms. The number of ether oxygens (including phenoxy) is 2. The molecule has 0 fully saturated rings. The zero-order valence-corrected chi connectivity index (χ0v) is 14.4. The number of anilines is 1. The van der Waals surface area contributed by atoms with E-state index in [2.05, 4.69) is 20.2 Å². The normalized spacial score (nSPS) is 10.7. The summed E-state index contributed by atoms with van der Waals surface area (Å²) in [5, 5.41) is 6.32. The van der Waals surface area contributed by atoms with Crippen LogP contribution in [0.2, 0.25) is 0 Å². The Morgan fingerprint density at radius 3 is 2.48 bits per heavy atom. The minimum atomic E-state index is -3.01. The molecule has 0 saturated carbocycles. The number of aryl methyl sites for hydroxylation is 1. The van der Waals surface area contributed by atoms with Crippen molar-refractivity contribution in [2.45, 2.75) is 13.5 Å². The van der Waals surface area contributed by atoms with Gasteiger partial charge in [0.25, 0.3) is 11.8 Å². The molecule has 1 amide bonds. The number of carbonyl (C=O) groups excluding carboxylic acids is 1. The number of methoxy groups -OCH3 is 1. The van der Waals surface area contributed by atoms with Crippen molar-refractivity contribution in [3.05, 3.63) is 53.9 Å². The second-order valence-electron chi connectivity index (χ2n) is 5.42. The molecule has 3 rings (SSSR count). The zero-order chi connectivity index (χ0) is 19.4. The van der Waals surface area contributed by atoms with Crippen LogP contribution in [-0.4, -0.2) is 29.8 Å². The van der Waals surface area contributed by atoms with Gasteiger partial charge in [0.1, 0.15) is 0 Å². The summed E-state index contributed by atoms with van der Waals surface area (Å²) in [6, 6.07) is 10.7. The molecule has 0 aliphatic carbocycles. The number of nitrogens with zero attached hydrogens (tertiary/aromatic N) is 2. The second-order valence-corrected chi connectivity index (χ2v) is 5.42. The Morgan fingerprint density at radius 1 is 1.15 bits per heavy atom. The average molecular weight is 375 g/mol. The second kappa shape index (κ2) is 7.81. The van der Waals surface area contributed by atoms with E-state index in [4.69, 9.17) is 9.26 Å². The van der Waals surface area contributed by atoms with Crippen LogP contribution in [-0.2, 0) is 0 Å². The van der Waals surface area contributed by atoms with Gasteiger partial charge in [-0.3, -0.25) is 4.79 Å². The van der Waals surface area contributed by atoms with Gasteiger partial charge in [0.05, 0.1) is 7.11 Å². The molecule has 9 heteroatoms. The van der Waals surface area contributed by atoms with Crippen molar-refractivity contribution in [2.24, 2.45) is 0 Å². The van der Waals surface area contributed by atoms with Crippen molar-refractivity contribution < 1.29 is 27.6 Å². The molecule has 2 aromatic carbocycles. The zero-order valence-electron chi connectivity index (χ0n) is 14.4. The number of carbonyl (C=O) groups is 1. The molecule has 1 aromatic heterocycles. The summed E-state index contributed by atoms with van der Waals surface area (Å²) >= 11 is 0. The molecular formula is C18H15F2N3O4. The largest absolute Gasteiger partial charge is 0.493 e. The number of nitrogens with one attached hydrogen (secondary N) is 1. The van der Waals surface area contributed by atoms with E-state index >= 15 is 0 Å². The average Bonchev–Trinajstić information content (AvgIpc) is 3.08. The third-order valence-corrected chi connectivity index (χ3v) is 3.56. The molecule has 0 saturated heterocycles. The minimum absolute atomic E-state index is 0.132. The summed E-state index contributed by atoms with van der Waals surface area (Å²) in [4.78, 5) is 16.5. The maximum Gasteiger partial charge on any atom is 0.387 e. The van der Waals surface area contributed by atoms with Crippen LogP contribution < -0.4 is 14.8 Å². The number of rotatable bonds is 6. The monoisotopic (exact) mass is 375 g/mol. The van der Waals surface area contributed by atoms with Gasteiger partial charge in [-0.25, -0.2) is 0 Å². The first-order valence-corrected chi connectivity index (χ1v) is 7.81. The quantitative estimate of drug-likeness (QED) is 0.703. The molecule has 0 bridgehead atoms. The van der Waals surface area contributed by atoms with Crippen LogP contribution in [0.1, 0.15) is 16.2 Å². The molecule has 0 aliphatic rings. The molecule has 0 aliphatic heterocycles. The van der Waals surface area contributed by atoms with E-state index in [-0.39, 0.29) is 17.2 Å². The summed E-state index contributed by atoms with van der Waals surface area (Å²) in [5.74, 6) is 0.396. The molecule has 3 aromatic rings. The Morgan fingerprint density at radius 2 is 1.89 bits per heavy atom. The fraction of sp³-hybridized carbons (Fsp3) is 0.167. The lowest BCUT2D eigenvalue weighted by molar-refractivity contribution is -0.0511. The molecule has 1 N–H and O–H groups in total. The molecule has 7 nitrogen and oxygen atoms in total. The predicted octanol–water partition coefficient (Wildman–Crippen LogP) is 3.91. The van der Waals surface area contributed by atoms with Crippen LogP contribution in [0.25, 0.3) is 11.5 Å². The van der Waals surface area contributed by atoms with Crippen molar-refractivity contribution in [1.82, 2.24) is 10.1 Å². The number of aromatic nitrogens is 2. The van der Waals surface area contributed by atoms with E-state index in [1.807, 2.05) is 0 Å². The highest BCUT2D eigenvalue weighted by Gasteiger charge is 2.14. The Hall–Kier alpha value is -3.49. The molecule has 0 unspecified atom stereocenters. The van der Waals surface area contributed by atoms with Crippen LogP contribution in [0.5, 0.6) is 11.5 Å². The van der Waals surface area contributed by atoms with E-state index in [1.165, 1.54) is 25.3 Å². The summed E-state index contributed by atoms with van der Waals surface area (Å²) in [6.45, 7) is -1.30. The highest BCUT2D eigenvalue weighted by Crippen LogP contribution is 2.31. The lowest BCUT2D eigenvalue weighted by Crippen LogP contribution is -2.12. The third kappa shape index (κ3) is 4.38. The molecule has 0 radical (unpaired) electrons. The van der Waals surface area contributed by atoms with Gasteiger partial charge in [-0.1, -0.05) is 5.16 Å². The Kier molecular flexibility index (Phi) is 5.30. The lowest BCUT2D eigenvalue weighted by Gasteiger charge is -2.12. The summed E-state index contributed by atoms with van der Waals surface area (Å²) in [6.07, 6.45) is 0. The number of benzene rings is 2. The van der Waals surface area contributed by atoms with Crippen molar-refractivity contribution >= 4 is 11.6 Å².